The number of rotatable bonds is 5. The van der Waals surface area contributed by atoms with Crippen molar-refractivity contribution in [1.82, 2.24) is 25.5 Å². The molecule has 1 amide bonds. The Morgan fingerprint density at radius 1 is 1.00 bits per heavy atom. The van der Waals surface area contributed by atoms with Crippen LogP contribution in [0.1, 0.15) is 15.9 Å². The molecular weight excluding hydrogens is 326 g/mol. The minimum absolute atomic E-state index is 0.172. The van der Waals surface area contributed by atoms with E-state index in [1.54, 1.807) is 18.6 Å². The maximum Gasteiger partial charge on any atom is 0.254 e. The van der Waals surface area contributed by atoms with Crippen molar-refractivity contribution >= 4 is 16.8 Å². The summed E-state index contributed by atoms with van der Waals surface area (Å²) in [6.45, 7) is 0.544. The SMILES string of the molecule is O=C(NCCc1ccc2[nH]ncc2c1)c1cnc(-c2ccccc2)nc1. The lowest BCUT2D eigenvalue weighted by Crippen LogP contribution is -2.26. The maximum atomic E-state index is 12.2. The first-order chi connectivity index (χ1) is 12.8. The Labute approximate surface area is 150 Å². The van der Waals surface area contributed by atoms with E-state index in [9.17, 15) is 4.79 Å². The normalized spacial score (nSPS) is 10.8. The van der Waals surface area contributed by atoms with Gasteiger partial charge in [0.25, 0.3) is 5.91 Å². The van der Waals surface area contributed by atoms with Gasteiger partial charge in [-0.2, -0.15) is 5.10 Å². The highest BCUT2D eigenvalue weighted by atomic mass is 16.1. The van der Waals surface area contributed by atoms with Crippen LogP contribution in [0.5, 0.6) is 0 Å². The first kappa shape index (κ1) is 16.0. The van der Waals surface area contributed by atoms with E-state index in [0.717, 1.165) is 28.5 Å². The molecular formula is C20H17N5O. The number of benzene rings is 2. The van der Waals surface area contributed by atoms with E-state index in [-0.39, 0.29) is 5.91 Å². The molecule has 0 bridgehead atoms. The minimum Gasteiger partial charge on any atom is -0.352 e. The van der Waals surface area contributed by atoms with E-state index in [4.69, 9.17) is 0 Å². The topological polar surface area (TPSA) is 83.6 Å². The molecule has 0 saturated carbocycles. The van der Waals surface area contributed by atoms with E-state index in [2.05, 4.69) is 31.5 Å². The van der Waals surface area contributed by atoms with Gasteiger partial charge < -0.3 is 5.32 Å². The molecule has 128 valence electrons. The molecule has 0 aliphatic carbocycles. The number of nitrogens with zero attached hydrogens (tertiary/aromatic N) is 3. The lowest BCUT2D eigenvalue weighted by atomic mass is 10.1. The van der Waals surface area contributed by atoms with Gasteiger partial charge in [0.2, 0.25) is 0 Å². The molecule has 4 aromatic rings. The minimum atomic E-state index is -0.172. The van der Waals surface area contributed by atoms with Gasteiger partial charge in [0.05, 0.1) is 17.3 Å². The number of nitrogens with one attached hydrogen (secondary N) is 2. The van der Waals surface area contributed by atoms with Crippen molar-refractivity contribution in [1.29, 1.82) is 0 Å². The lowest BCUT2D eigenvalue weighted by molar-refractivity contribution is 0.0953. The summed E-state index contributed by atoms with van der Waals surface area (Å²) >= 11 is 0. The number of aromatic nitrogens is 4. The predicted octanol–water partition coefficient (Wildman–Crippen LogP) is 2.99. The largest absolute Gasteiger partial charge is 0.352 e. The van der Waals surface area contributed by atoms with Crippen molar-refractivity contribution in [2.45, 2.75) is 6.42 Å². The second-order valence-electron chi connectivity index (χ2n) is 5.96. The molecule has 0 atom stereocenters. The van der Waals surface area contributed by atoms with E-state index < -0.39 is 0 Å². The van der Waals surface area contributed by atoms with Crippen LogP contribution in [-0.4, -0.2) is 32.6 Å². The van der Waals surface area contributed by atoms with Crippen molar-refractivity contribution in [2.75, 3.05) is 6.54 Å². The second kappa shape index (κ2) is 7.14. The monoisotopic (exact) mass is 343 g/mol. The highest BCUT2D eigenvalue weighted by molar-refractivity contribution is 5.93. The Hall–Kier alpha value is -3.54. The van der Waals surface area contributed by atoms with Crippen molar-refractivity contribution < 1.29 is 4.79 Å². The van der Waals surface area contributed by atoms with Gasteiger partial charge in [0.1, 0.15) is 0 Å². The molecule has 2 aromatic heterocycles. The van der Waals surface area contributed by atoms with Crippen LogP contribution in [0.15, 0.2) is 67.1 Å². The van der Waals surface area contributed by atoms with Gasteiger partial charge in [-0.15, -0.1) is 0 Å². The summed E-state index contributed by atoms with van der Waals surface area (Å²) < 4.78 is 0. The van der Waals surface area contributed by atoms with Gasteiger partial charge in [-0.25, -0.2) is 9.97 Å². The first-order valence-corrected chi connectivity index (χ1v) is 8.37. The van der Waals surface area contributed by atoms with Crippen molar-refractivity contribution in [3.63, 3.8) is 0 Å². The fraction of sp³-hybridized carbons (Fsp3) is 0.100. The number of carbonyl (C=O) groups excluding carboxylic acids is 1. The summed E-state index contributed by atoms with van der Waals surface area (Å²) in [7, 11) is 0. The van der Waals surface area contributed by atoms with E-state index in [0.29, 0.717) is 17.9 Å². The number of amides is 1. The van der Waals surface area contributed by atoms with Crippen molar-refractivity contribution in [2.24, 2.45) is 0 Å². The van der Waals surface area contributed by atoms with E-state index in [1.807, 2.05) is 42.5 Å². The van der Waals surface area contributed by atoms with Crippen LogP contribution < -0.4 is 5.32 Å². The van der Waals surface area contributed by atoms with Crippen LogP contribution in [0.4, 0.5) is 0 Å². The van der Waals surface area contributed by atoms with Crippen LogP contribution in [-0.2, 0) is 6.42 Å². The smallest absolute Gasteiger partial charge is 0.254 e. The summed E-state index contributed by atoms with van der Waals surface area (Å²) in [6.07, 6.45) is 5.66. The molecule has 6 nitrogen and oxygen atoms in total. The fourth-order valence-corrected chi connectivity index (χ4v) is 2.75. The van der Waals surface area contributed by atoms with Crippen LogP contribution in [0, 0.1) is 0 Å². The predicted molar refractivity (Wildman–Crippen MR) is 99.6 cm³/mol. The third-order valence-corrected chi connectivity index (χ3v) is 4.15. The number of hydrogen-bond donors (Lipinski definition) is 2. The molecule has 0 saturated heterocycles. The first-order valence-electron chi connectivity index (χ1n) is 8.37. The second-order valence-corrected chi connectivity index (χ2v) is 5.96. The van der Waals surface area contributed by atoms with Gasteiger partial charge in [-0.05, 0) is 24.1 Å². The quantitative estimate of drug-likeness (QED) is 0.583. The van der Waals surface area contributed by atoms with Crippen LogP contribution in [0.2, 0.25) is 0 Å². The number of H-pyrrole nitrogens is 1. The van der Waals surface area contributed by atoms with Gasteiger partial charge >= 0.3 is 0 Å². The Morgan fingerprint density at radius 2 is 1.81 bits per heavy atom. The molecule has 0 fully saturated rings. The average molecular weight is 343 g/mol. The zero-order valence-electron chi connectivity index (χ0n) is 14.0. The van der Waals surface area contributed by atoms with E-state index in [1.165, 1.54) is 0 Å². The standard InChI is InChI=1S/C20H17N5O/c26-20(17-11-22-19(23-12-17)15-4-2-1-3-5-15)21-9-8-14-6-7-18-16(10-14)13-24-25-18/h1-7,10-13H,8-9H2,(H,21,26)(H,24,25). The van der Waals surface area contributed by atoms with Crippen LogP contribution >= 0.6 is 0 Å². The molecule has 26 heavy (non-hydrogen) atoms. The maximum absolute atomic E-state index is 12.2. The average Bonchev–Trinajstić information content (AvgIpc) is 3.16. The molecule has 2 aromatic carbocycles. The fourth-order valence-electron chi connectivity index (χ4n) is 2.75. The lowest BCUT2D eigenvalue weighted by Gasteiger charge is -2.06. The van der Waals surface area contributed by atoms with Gasteiger partial charge in [0, 0.05) is 29.9 Å². The summed E-state index contributed by atoms with van der Waals surface area (Å²) in [5, 5.41) is 10.9. The number of hydrogen-bond acceptors (Lipinski definition) is 4. The van der Waals surface area contributed by atoms with Gasteiger partial charge in [-0.3, -0.25) is 9.89 Å². The van der Waals surface area contributed by atoms with Crippen molar-refractivity contribution in [3.8, 4) is 11.4 Å². The number of aromatic amines is 1. The van der Waals surface area contributed by atoms with Crippen LogP contribution in [0.25, 0.3) is 22.3 Å². The molecule has 2 N–H and O–H groups in total. The number of fused-ring (bicyclic) bond motifs is 1. The molecule has 6 heteroatoms. The molecule has 2 heterocycles. The number of carbonyl (C=O) groups is 1. The highest BCUT2D eigenvalue weighted by Gasteiger charge is 2.08. The molecule has 0 unspecified atom stereocenters. The Kier molecular flexibility index (Phi) is 4.38. The van der Waals surface area contributed by atoms with E-state index >= 15 is 0 Å². The zero-order valence-corrected chi connectivity index (χ0v) is 14.0. The molecule has 4 rings (SSSR count). The third-order valence-electron chi connectivity index (χ3n) is 4.15. The summed E-state index contributed by atoms with van der Waals surface area (Å²) in [4.78, 5) is 20.8. The molecule has 0 radical (unpaired) electrons. The van der Waals surface area contributed by atoms with Crippen LogP contribution in [0.3, 0.4) is 0 Å². The molecule has 0 spiro atoms. The summed E-state index contributed by atoms with van der Waals surface area (Å²) in [5.41, 5.74) is 3.53. The van der Waals surface area contributed by atoms with Gasteiger partial charge in [0.15, 0.2) is 5.82 Å². The summed E-state index contributed by atoms with van der Waals surface area (Å²) in [5.74, 6) is 0.435. The summed E-state index contributed by atoms with van der Waals surface area (Å²) in [6, 6.07) is 15.8. The Morgan fingerprint density at radius 3 is 2.62 bits per heavy atom. The third kappa shape index (κ3) is 3.44. The Balaban J connectivity index is 1.35. The zero-order chi connectivity index (χ0) is 17.8. The van der Waals surface area contributed by atoms with Crippen molar-refractivity contribution in [3.05, 3.63) is 78.2 Å². The molecule has 0 aliphatic heterocycles. The molecule has 0 aliphatic rings. The Bertz CT molecular complexity index is 1020. The highest BCUT2D eigenvalue weighted by Crippen LogP contribution is 2.14. The van der Waals surface area contributed by atoms with Gasteiger partial charge in [-0.1, -0.05) is 36.4 Å².